The van der Waals surface area contributed by atoms with Crippen molar-refractivity contribution in [2.24, 2.45) is 13.0 Å². The predicted molar refractivity (Wildman–Crippen MR) is 109 cm³/mol. The van der Waals surface area contributed by atoms with Gasteiger partial charge in [-0.1, -0.05) is 26.0 Å². The zero-order chi connectivity index (χ0) is 17.6. The molecule has 0 fully saturated rings. The molecule has 4 aromatic rings. The Bertz CT molecular complexity index is 1070. The fourth-order valence-electron chi connectivity index (χ4n) is 3.73. The summed E-state index contributed by atoms with van der Waals surface area (Å²) < 4.78 is 3.61. The molecule has 0 saturated carbocycles. The van der Waals surface area contributed by atoms with Gasteiger partial charge in [0.25, 0.3) is 0 Å². The van der Waals surface area contributed by atoms with Crippen molar-refractivity contribution in [2.75, 3.05) is 0 Å². The first kappa shape index (κ1) is 16.3. The van der Waals surface area contributed by atoms with Gasteiger partial charge in [0, 0.05) is 10.8 Å². The van der Waals surface area contributed by atoms with Gasteiger partial charge in [-0.15, -0.1) is 11.3 Å². The van der Waals surface area contributed by atoms with Crippen molar-refractivity contribution in [3.8, 4) is 11.3 Å². The predicted octanol–water partition coefficient (Wildman–Crippen LogP) is 6.05. The summed E-state index contributed by atoms with van der Waals surface area (Å²) >= 11 is 1.82. The van der Waals surface area contributed by atoms with E-state index in [4.69, 9.17) is 0 Å². The van der Waals surface area contributed by atoms with Crippen LogP contribution in [-0.4, -0.2) is 0 Å². The first-order valence-corrected chi connectivity index (χ1v) is 9.80. The zero-order valence-electron chi connectivity index (χ0n) is 15.3. The van der Waals surface area contributed by atoms with Crippen molar-refractivity contribution >= 4 is 32.2 Å². The Morgan fingerprint density at radius 3 is 2.64 bits per heavy atom. The molecule has 0 aliphatic carbocycles. The Kier molecular flexibility index (Phi) is 4.09. The molecule has 0 aliphatic heterocycles. The Hall–Kier alpha value is -2.19. The first-order chi connectivity index (χ1) is 12.0. The lowest BCUT2D eigenvalue weighted by atomic mass is 9.95. The van der Waals surface area contributed by atoms with E-state index in [0.717, 1.165) is 6.42 Å². The van der Waals surface area contributed by atoms with E-state index in [1.165, 1.54) is 43.2 Å². The lowest BCUT2D eigenvalue weighted by Gasteiger charge is -2.10. The fraction of sp³-hybridized carbons (Fsp3) is 0.261. The second-order valence-electron chi connectivity index (χ2n) is 7.42. The standard InChI is InChI=1S/C23H24NS/c1-15(2)11-17-5-6-20-18(13-17)7-9-24(4)23(20)21-14-22-19(8-10-25-22)12-16(21)3/h5-10,12-15H,11H2,1-4H3/q+1. The van der Waals surface area contributed by atoms with E-state index in [0.29, 0.717) is 5.92 Å². The van der Waals surface area contributed by atoms with Crippen LogP contribution in [0.2, 0.25) is 0 Å². The highest BCUT2D eigenvalue weighted by Crippen LogP contribution is 2.33. The van der Waals surface area contributed by atoms with Crippen LogP contribution in [0.3, 0.4) is 0 Å². The molecule has 25 heavy (non-hydrogen) atoms. The Morgan fingerprint density at radius 2 is 1.84 bits per heavy atom. The number of fused-ring (bicyclic) bond motifs is 2. The minimum Gasteiger partial charge on any atom is -0.200 e. The van der Waals surface area contributed by atoms with Crippen LogP contribution in [-0.2, 0) is 13.5 Å². The number of rotatable bonds is 3. The minimum atomic E-state index is 0.681. The van der Waals surface area contributed by atoms with Crippen molar-refractivity contribution < 1.29 is 4.57 Å². The van der Waals surface area contributed by atoms with Crippen LogP contribution in [0, 0.1) is 12.8 Å². The molecule has 0 aliphatic rings. The molecular formula is C23H24NS+. The highest BCUT2D eigenvalue weighted by atomic mass is 32.1. The Balaban J connectivity index is 1.96. The van der Waals surface area contributed by atoms with Crippen molar-refractivity contribution in [3.63, 3.8) is 0 Å². The van der Waals surface area contributed by atoms with Gasteiger partial charge in [-0.3, -0.25) is 0 Å². The number of hydrogen-bond donors (Lipinski definition) is 0. The fourth-order valence-corrected chi connectivity index (χ4v) is 4.54. The summed E-state index contributed by atoms with van der Waals surface area (Å²) in [6.07, 6.45) is 3.32. The molecule has 0 radical (unpaired) electrons. The summed E-state index contributed by atoms with van der Waals surface area (Å²) in [6.45, 7) is 6.78. The molecule has 0 atom stereocenters. The largest absolute Gasteiger partial charge is 0.220 e. The number of benzene rings is 2. The third kappa shape index (κ3) is 2.96. The van der Waals surface area contributed by atoms with E-state index in [1.54, 1.807) is 0 Å². The smallest absolute Gasteiger partial charge is 0.200 e. The maximum Gasteiger partial charge on any atom is 0.220 e. The number of aromatic nitrogens is 1. The zero-order valence-corrected chi connectivity index (χ0v) is 16.2. The van der Waals surface area contributed by atoms with Gasteiger partial charge in [-0.25, -0.2) is 4.57 Å². The third-order valence-electron chi connectivity index (χ3n) is 4.90. The molecule has 2 heteroatoms. The van der Waals surface area contributed by atoms with Gasteiger partial charge in [0.1, 0.15) is 7.05 Å². The Labute approximate surface area is 153 Å². The van der Waals surface area contributed by atoms with Gasteiger partial charge in [-0.2, -0.15) is 0 Å². The lowest BCUT2D eigenvalue weighted by Crippen LogP contribution is -2.30. The summed E-state index contributed by atoms with van der Waals surface area (Å²) in [5.41, 5.74) is 5.40. The number of nitrogens with zero attached hydrogens (tertiary/aromatic N) is 1. The normalized spacial score (nSPS) is 11.7. The van der Waals surface area contributed by atoms with Gasteiger partial charge in [0.05, 0.1) is 10.9 Å². The summed E-state index contributed by atoms with van der Waals surface area (Å²) in [5.74, 6) is 0.681. The molecule has 4 rings (SSSR count). The molecule has 0 spiro atoms. The summed E-state index contributed by atoms with van der Waals surface area (Å²) in [4.78, 5) is 0. The molecule has 1 nitrogen and oxygen atoms in total. The van der Waals surface area contributed by atoms with Crippen molar-refractivity contribution in [1.82, 2.24) is 0 Å². The number of pyridine rings is 1. The van der Waals surface area contributed by atoms with Crippen LogP contribution in [0.15, 0.2) is 54.0 Å². The van der Waals surface area contributed by atoms with Crippen LogP contribution in [0.5, 0.6) is 0 Å². The SMILES string of the molecule is Cc1cc2ccsc2cc1-c1c2ccc(CC(C)C)cc2cc[n+]1C. The average Bonchev–Trinajstić information content (AvgIpc) is 3.01. The van der Waals surface area contributed by atoms with Crippen molar-refractivity contribution in [1.29, 1.82) is 0 Å². The van der Waals surface area contributed by atoms with Crippen LogP contribution in [0.4, 0.5) is 0 Å². The molecule has 0 bridgehead atoms. The van der Waals surface area contributed by atoms with Crippen LogP contribution in [0.25, 0.3) is 32.1 Å². The van der Waals surface area contributed by atoms with E-state index in [2.05, 4.69) is 86.4 Å². The molecule has 0 saturated heterocycles. The topological polar surface area (TPSA) is 3.88 Å². The van der Waals surface area contributed by atoms with E-state index >= 15 is 0 Å². The number of hydrogen-bond acceptors (Lipinski definition) is 1. The molecule has 2 aromatic carbocycles. The van der Waals surface area contributed by atoms with Gasteiger partial charge in [0.15, 0.2) is 6.20 Å². The highest BCUT2D eigenvalue weighted by molar-refractivity contribution is 7.17. The molecule has 0 N–H and O–H groups in total. The third-order valence-corrected chi connectivity index (χ3v) is 5.78. The van der Waals surface area contributed by atoms with Crippen molar-refractivity contribution in [2.45, 2.75) is 27.2 Å². The lowest BCUT2D eigenvalue weighted by molar-refractivity contribution is -0.659. The van der Waals surface area contributed by atoms with Gasteiger partial charge in [-0.05, 0) is 70.8 Å². The van der Waals surface area contributed by atoms with Crippen LogP contribution in [0.1, 0.15) is 25.0 Å². The van der Waals surface area contributed by atoms with Crippen LogP contribution >= 0.6 is 11.3 Å². The first-order valence-electron chi connectivity index (χ1n) is 8.92. The quantitative estimate of drug-likeness (QED) is 0.397. The maximum absolute atomic E-state index is 2.36. The van der Waals surface area contributed by atoms with E-state index in [1.807, 2.05) is 11.3 Å². The van der Waals surface area contributed by atoms with Gasteiger partial charge >= 0.3 is 0 Å². The summed E-state index contributed by atoms with van der Waals surface area (Å²) in [7, 11) is 2.15. The van der Waals surface area contributed by atoms with Gasteiger partial charge in [0.2, 0.25) is 5.69 Å². The molecule has 0 unspecified atom stereocenters. The second-order valence-corrected chi connectivity index (χ2v) is 8.37. The second kappa shape index (κ2) is 6.27. The monoisotopic (exact) mass is 346 g/mol. The molecule has 0 amide bonds. The average molecular weight is 347 g/mol. The van der Waals surface area contributed by atoms with E-state index < -0.39 is 0 Å². The van der Waals surface area contributed by atoms with E-state index in [9.17, 15) is 0 Å². The summed E-state index contributed by atoms with van der Waals surface area (Å²) in [6, 6.07) is 16.1. The van der Waals surface area contributed by atoms with Gasteiger partial charge < -0.3 is 0 Å². The number of aryl methyl sites for hydroxylation is 2. The van der Waals surface area contributed by atoms with E-state index in [-0.39, 0.29) is 0 Å². The molecular weight excluding hydrogens is 322 g/mol. The maximum atomic E-state index is 2.36. The molecule has 2 aromatic heterocycles. The number of thiophene rings is 1. The van der Waals surface area contributed by atoms with Crippen molar-refractivity contribution in [3.05, 3.63) is 65.2 Å². The Morgan fingerprint density at radius 1 is 1.00 bits per heavy atom. The minimum absolute atomic E-state index is 0.681. The summed E-state index contributed by atoms with van der Waals surface area (Å²) in [5, 5.41) is 6.18. The van der Waals surface area contributed by atoms with Crippen LogP contribution < -0.4 is 4.57 Å². The highest BCUT2D eigenvalue weighted by Gasteiger charge is 2.18. The molecule has 126 valence electrons. The molecule has 2 heterocycles.